The standard InChI is InChI=1S/C14H22N4O4/c1-20-10-12-15-16-13(22-12)14(19)18-6-4-17(5-7-18)9-11-3-2-8-21-11/h11H,2-10H2,1H3/t11-/m0/s1. The van der Waals surface area contributed by atoms with E-state index in [1.165, 1.54) is 0 Å². The second-order valence-electron chi connectivity index (χ2n) is 5.66. The van der Waals surface area contributed by atoms with Crippen LogP contribution in [0.1, 0.15) is 29.4 Å². The van der Waals surface area contributed by atoms with E-state index in [9.17, 15) is 4.79 Å². The van der Waals surface area contributed by atoms with Crippen molar-refractivity contribution < 1.29 is 18.7 Å². The van der Waals surface area contributed by atoms with Crippen LogP contribution in [0.15, 0.2) is 4.42 Å². The van der Waals surface area contributed by atoms with E-state index in [4.69, 9.17) is 13.9 Å². The molecule has 22 heavy (non-hydrogen) atoms. The van der Waals surface area contributed by atoms with Crippen LogP contribution in [0.2, 0.25) is 0 Å². The zero-order chi connectivity index (χ0) is 15.4. The number of carbonyl (C=O) groups excluding carboxylic acids is 1. The first kappa shape index (κ1) is 15.4. The van der Waals surface area contributed by atoms with Crippen LogP contribution >= 0.6 is 0 Å². The Balaban J connectivity index is 1.48. The molecule has 3 rings (SSSR count). The number of nitrogens with zero attached hydrogens (tertiary/aromatic N) is 4. The third-order valence-corrected chi connectivity index (χ3v) is 4.06. The number of carbonyl (C=O) groups is 1. The van der Waals surface area contributed by atoms with Gasteiger partial charge in [0.25, 0.3) is 0 Å². The highest BCUT2D eigenvalue weighted by Gasteiger charge is 2.27. The molecule has 0 unspecified atom stereocenters. The Morgan fingerprint density at radius 2 is 2.14 bits per heavy atom. The van der Waals surface area contributed by atoms with Crippen LogP contribution in [0.3, 0.4) is 0 Å². The third-order valence-electron chi connectivity index (χ3n) is 4.06. The summed E-state index contributed by atoms with van der Waals surface area (Å²) in [5, 5.41) is 7.58. The van der Waals surface area contributed by atoms with Crippen molar-refractivity contribution in [3.63, 3.8) is 0 Å². The van der Waals surface area contributed by atoms with Gasteiger partial charge in [-0.3, -0.25) is 9.69 Å². The molecule has 0 aliphatic carbocycles. The minimum Gasteiger partial charge on any atom is -0.414 e. The van der Waals surface area contributed by atoms with E-state index < -0.39 is 0 Å². The van der Waals surface area contributed by atoms with Gasteiger partial charge in [0, 0.05) is 46.4 Å². The molecule has 2 aliphatic heterocycles. The number of aromatic nitrogens is 2. The van der Waals surface area contributed by atoms with E-state index in [1.54, 1.807) is 12.0 Å². The SMILES string of the molecule is COCc1nnc(C(=O)N2CCN(C[C@@H]3CCCO3)CC2)o1. The maximum atomic E-state index is 12.3. The number of ether oxygens (including phenoxy) is 2. The summed E-state index contributed by atoms with van der Waals surface area (Å²) in [5.74, 6) is 0.161. The second kappa shape index (κ2) is 7.17. The molecule has 2 aliphatic rings. The largest absolute Gasteiger partial charge is 0.414 e. The lowest BCUT2D eigenvalue weighted by atomic mass is 10.2. The van der Waals surface area contributed by atoms with Crippen molar-refractivity contribution >= 4 is 5.91 Å². The van der Waals surface area contributed by atoms with E-state index in [2.05, 4.69) is 15.1 Å². The Bertz CT molecular complexity index is 493. The van der Waals surface area contributed by atoms with Crippen molar-refractivity contribution in [2.75, 3.05) is 46.4 Å². The molecule has 122 valence electrons. The number of hydrogen-bond donors (Lipinski definition) is 0. The molecule has 1 aromatic heterocycles. The molecule has 0 aromatic carbocycles. The summed E-state index contributed by atoms with van der Waals surface area (Å²) in [6, 6.07) is 0. The van der Waals surface area contributed by atoms with Gasteiger partial charge in [-0.15, -0.1) is 10.2 Å². The van der Waals surface area contributed by atoms with Gasteiger partial charge in [-0.25, -0.2) is 0 Å². The minimum absolute atomic E-state index is 0.0413. The Hall–Kier alpha value is -1.51. The van der Waals surface area contributed by atoms with Crippen molar-refractivity contribution in [3.8, 4) is 0 Å². The molecular weight excluding hydrogens is 288 g/mol. The van der Waals surface area contributed by atoms with Crippen molar-refractivity contribution in [3.05, 3.63) is 11.8 Å². The van der Waals surface area contributed by atoms with Crippen LogP contribution in [-0.2, 0) is 16.1 Å². The maximum Gasteiger partial charge on any atom is 0.311 e. The van der Waals surface area contributed by atoms with Crippen LogP contribution in [-0.4, -0.2) is 78.4 Å². The lowest BCUT2D eigenvalue weighted by Gasteiger charge is -2.35. The van der Waals surface area contributed by atoms with E-state index in [-0.39, 0.29) is 18.4 Å². The fourth-order valence-electron chi connectivity index (χ4n) is 2.87. The zero-order valence-electron chi connectivity index (χ0n) is 12.9. The molecular formula is C14H22N4O4. The average Bonchev–Trinajstić information content (AvgIpc) is 3.20. The lowest BCUT2D eigenvalue weighted by molar-refractivity contribution is 0.0410. The smallest absolute Gasteiger partial charge is 0.311 e. The highest BCUT2D eigenvalue weighted by atomic mass is 16.5. The van der Waals surface area contributed by atoms with Gasteiger partial charge in [-0.1, -0.05) is 0 Å². The quantitative estimate of drug-likeness (QED) is 0.766. The average molecular weight is 310 g/mol. The number of rotatable bonds is 5. The van der Waals surface area contributed by atoms with Gasteiger partial charge in [-0.2, -0.15) is 0 Å². The highest BCUT2D eigenvalue weighted by molar-refractivity contribution is 5.89. The summed E-state index contributed by atoms with van der Waals surface area (Å²) in [4.78, 5) is 16.4. The van der Waals surface area contributed by atoms with Crippen molar-refractivity contribution in [1.82, 2.24) is 20.0 Å². The molecule has 1 atom stereocenters. The number of piperazine rings is 1. The fourth-order valence-corrected chi connectivity index (χ4v) is 2.87. The van der Waals surface area contributed by atoms with Gasteiger partial charge in [0.15, 0.2) is 0 Å². The van der Waals surface area contributed by atoms with E-state index in [0.29, 0.717) is 25.1 Å². The lowest BCUT2D eigenvalue weighted by Crippen LogP contribution is -2.50. The van der Waals surface area contributed by atoms with Gasteiger partial charge >= 0.3 is 11.8 Å². The van der Waals surface area contributed by atoms with E-state index in [1.807, 2.05) is 0 Å². The summed E-state index contributed by atoms with van der Waals surface area (Å²) < 4.78 is 15.9. The van der Waals surface area contributed by atoms with Gasteiger partial charge < -0.3 is 18.8 Å². The molecule has 2 fully saturated rings. The third kappa shape index (κ3) is 3.63. The van der Waals surface area contributed by atoms with Crippen LogP contribution in [0.5, 0.6) is 0 Å². The molecule has 1 amide bonds. The van der Waals surface area contributed by atoms with E-state index in [0.717, 1.165) is 39.1 Å². The summed E-state index contributed by atoms with van der Waals surface area (Å²) in [6.07, 6.45) is 2.66. The fraction of sp³-hybridized carbons (Fsp3) is 0.786. The van der Waals surface area contributed by atoms with Crippen LogP contribution in [0.4, 0.5) is 0 Å². The predicted molar refractivity (Wildman–Crippen MR) is 76.3 cm³/mol. The molecule has 8 nitrogen and oxygen atoms in total. The minimum atomic E-state index is -0.202. The predicted octanol–water partition coefficient (Wildman–Crippen LogP) is 0.153. The van der Waals surface area contributed by atoms with Gasteiger partial charge in [0.05, 0.1) is 6.10 Å². The summed E-state index contributed by atoms with van der Waals surface area (Å²) in [5.41, 5.74) is 0. The molecule has 1 aromatic rings. The highest BCUT2D eigenvalue weighted by Crippen LogP contribution is 2.15. The molecule has 0 spiro atoms. The summed E-state index contributed by atoms with van der Waals surface area (Å²) in [7, 11) is 1.54. The maximum absolute atomic E-state index is 12.3. The van der Waals surface area contributed by atoms with Crippen LogP contribution < -0.4 is 0 Å². The first-order valence-electron chi connectivity index (χ1n) is 7.71. The molecule has 0 N–H and O–H groups in total. The topological polar surface area (TPSA) is 80.9 Å². The van der Waals surface area contributed by atoms with E-state index >= 15 is 0 Å². The number of hydrogen-bond acceptors (Lipinski definition) is 7. The summed E-state index contributed by atoms with van der Waals surface area (Å²) in [6.45, 7) is 5.11. The first-order chi connectivity index (χ1) is 10.8. The monoisotopic (exact) mass is 310 g/mol. The molecule has 3 heterocycles. The van der Waals surface area contributed by atoms with Crippen LogP contribution in [0, 0.1) is 0 Å². The van der Waals surface area contributed by atoms with Crippen molar-refractivity contribution in [2.45, 2.75) is 25.6 Å². The molecule has 0 radical (unpaired) electrons. The molecule has 0 saturated carbocycles. The Kier molecular flexibility index (Phi) is 5.01. The Morgan fingerprint density at radius 3 is 2.82 bits per heavy atom. The zero-order valence-corrected chi connectivity index (χ0v) is 12.9. The normalized spacial score (nSPS) is 23.1. The molecule has 8 heteroatoms. The van der Waals surface area contributed by atoms with Crippen LogP contribution in [0.25, 0.3) is 0 Å². The molecule has 0 bridgehead atoms. The van der Waals surface area contributed by atoms with Crippen molar-refractivity contribution in [2.24, 2.45) is 0 Å². The summed E-state index contributed by atoms with van der Waals surface area (Å²) >= 11 is 0. The number of amides is 1. The number of methoxy groups -OCH3 is 1. The second-order valence-corrected chi connectivity index (χ2v) is 5.66. The Labute approximate surface area is 129 Å². The molecule has 2 saturated heterocycles. The first-order valence-corrected chi connectivity index (χ1v) is 7.71. The van der Waals surface area contributed by atoms with Crippen molar-refractivity contribution in [1.29, 1.82) is 0 Å². The van der Waals surface area contributed by atoms with Gasteiger partial charge in [0.2, 0.25) is 5.89 Å². The Morgan fingerprint density at radius 1 is 1.32 bits per heavy atom. The van der Waals surface area contributed by atoms with Gasteiger partial charge in [-0.05, 0) is 12.8 Å². The van der Waals surface area contributed by atoms with Gasteiger partial charge in [0.1, 0.15) is 6.61 Å².